The van der Waals surface area contributed by atoms with Gasteiger partial charge in [0.1, 0.15) is 0 Å². The number of amides is 2. The molecule has 1 N–H and O–H groups in total. The van der Waals surface area contributed by atoms with E-state index in [1.807, 2.05) is 68.1 Å². The lowest BCUT2D eigenvalue weighted by molar-refractivity contribution is -0.136. The molecule has 1 aromatic carbocycles. The monoisotopic (exact) mass is 668 g/mol. The van der Waals surface area contributed by atoms with E-state index < -0.39 is 0 Å². The third kappa shape index (κ3) is 8.24. The minimum absolute atomic E-state index is 0.145. The minimum Gasteiger partial charge on any atom is -0.368 e. The van der Waals surface area contributed by atoms with E-state index in [-0.39, 0.29) is 23.7 Å². The number of hydrogen-bond acceptors (Lipinski definition) is 6. The molecule has 1 aliphatic heterocycles. The molecule has 5 rings (SSSR count). The number of fused-ring (bicyclic) bond motifs is 1. The van der Waals surface area contributed by atoms with E-state index in [4.69, 9.17) is 0 Å². The highest BCUT2D eigenvalue weighted by molar-refractivity contribution is 7.95. The molecular weight excluding hydrogens is 617 g/mol. The molecule has 256 valence electrons. The van der Waals surface area contributed by atoms with Crippen molar-refractivity contribution in [2.75, 3.05) is 45.2 Å². The Morgan fingerprint density at radius 2 is 1.79 bits per heavy atom. The molecule has 1 saturated carbocycles. The second-order valence-electron chi connectivity index (χ2n) is 13.5. The van der Waals surface area contributed by atoms with Gasteiger partial charge in [-0.1, -0.05) is 63.6 Å². The predicted octanol–water partition coefficient (Wildman–Crippen LogP) is 7.71. The number of anilines is 1. The average molecular weight is 669 g/mol. The van der Waals surface area contributed by atoms with E-state index in [1.165, 1.54) is 37.0 Å². The lowest BCUT2D eigenvalue weighted by Gasteiger charge is -2.38. The van der Waals surface area contributed by atoms with Crippen LogP contribution in [0.15, 0.2) is 74.1 Å². The summed E-state index contributed by atoms with van der Waals surface area (Å²) in [6.45, 7) is 16.3. The van der Waals surface area contributed by atoms with Crippen LogP contribution in [0.3, 0.4) is 0 Å². The maximum Gasteiger partial charge on any atom is 0.262 e. The van der Waals surface area contributed by atoms with Crippen molar-refractivity contribution in [2.45, 2.75) is 64.8 Å². The van der Waals surface area contributed by atoms with Crippen LogP contribution < -0.4 is 9.62 Å². The highest BCUT2D eigenvalue weighted by Crippen LogP contribution is 2.43. The summed E-state index contributed by atoms with van der Waals surface area (Å²) >= 11 is 1.26. The number of pyridine rings is 1. The van der Waals surface area contributed by atoms with E-state index in [2.05, 4.69) is 62.4 Å². The third-order valence-corrected chi connectivity index (χ3v) is 10.4. The summed E-state index contributed by atoms with van der Waals surface area (Å²) in [5.41, 5.74) is 5.93. The van der Waals surface area contributed by atoms with Gasteiger partial charge in [-0.15, -0.1) is 0 Å². The van der Waals surface area contributed by atoms with E-state index in [0.717, 1.165) is 60.2 Å². The number of benzene rings is 1. The fourth-order valence-electron chi connectivity index (χ4n) is 7.47. The first-order valence-electron chi connectivity index (χ1n) is 17.4. The van der Waals surface area contributed by atoms with Crippen LogP contribution in [0.2, 0.25) is 0 Å². The fourth-order valence-corrected chi connectivity index (χ4v) is 7.86. The molecule has 2 aromatic heterocycles. The summed E-state index contributed by atoms with van der Waals surface area (Å²) in [4.78, 5) is 36.4. The smallest absolute Gasteiger partial charge is 0.262 e. The molecule has 0 spiro atoms. The molecule has 2 aliphatic rings. The number of allylic oxidation sites excluding steroid dienone is 4. The Hall–Kier alpha value is -3.82. The second kappa shape index (κ2) is 16.5. The Bertz CT molecular complexity index is 1620. The minimum atomic E-state index is -0.253. The quantitative estimate of drug-likeness (QED) is 0.114. The van der Waals surface area contributed by atoms with Crippen molar-refractivity contribution >= 4 is 46.1 Å². The number of carbonyl (C=O) groups is 2. The summed E-state index contributed by atoms with van der Waals surface area (Å²) in [6, 6.07) is 10.1. The van der Waals surface area contributed by atoms with Gasteiger partial charge in [-0.3, -0.25) is 19.3 Å². The molecule has 9 heteroatoms. The zero-order chi connectivity index (χ0) is 34.2. The van der Waals surface area contributed by atoms with Crippen LogP contribution in [0.25, 0.3) is 16.5 Å². The number of aromatic nitrogens is 2. The highest BCUT2D eigenvalue weighted by atomic mass is 32.2. The van der Waals surface area contributed by atoms with Crippen LogP contribution in [-0.4, -0.2) is 70.8 Å². The molecule has 2 amide bonds. The van der Waals surface area contributed by atoms with Crippen LogP contribution in [0.4, 0.5) is 5.69 Å². The number of piperazine rings is 1. The van der Waals surface area contributed by atoms with Crippen molar-refractivity contribution < 1.29 is 9.59 Å². The van der Waals surface area contributed by atoms with Gasteiger partial charge in [-0.05, 0) is 87.5 Å². The van der Waals surface area contributed by atoms with Crippen LogP contribution in [0.5, 0.6) is 0 Å². The standard InChI is InChI=1S/C39H52N6O2S/c1-7-12-28(3)25-32(39(47)44-23-21-43(22-24-44)33-17-19-40-20-18-33)27-45-35-26-31(38(46)41-48-42(5)6)15-16-34(35)36(37(45)29(4)8-2)30-13-10-9-11-14-30/h7-8,12,15-20,26,28,30,32H,2,4,9-11,13-14,21-25,27H2,1,3,5-6H3,(H,41,46)/b12-7-. The molecule has 8 nitrogen and oxygen atoms in total. The summed E-state index contributed by atoms with van der Waals surface area (Å²) in [7, 11) is 3.79. The first kappa shape index (κ1) is 35.5. The van der Waals surface area contributed by atoms with Gasteiger partial charge in [0.05, 0.1) is 11.6 Å². The molecule has 0 radical (unpaired) electrons. The first-order chi connectivity index (χ1) is 23.2. The van der Waals surface area contributed by atoms with Crippen LogP contribution in [-0.2, 0) is 11.3 Å². The van der Waals surface area contributed by atoms with Gasteiger partial charge in [0.15, 0.2) is 0 Å². The number of rotatable bonds is 13. The van der Waals surface area contributed by atoms with Gasteiger partial charge in [-0.25, -0.2) is 4.31 Å². The van der Waals surface area contributed by atoms with Gasteiger partial charge in [-0.2, -0.15) is 0 Å². The summed E-state index contributed by atoms with van der Waals surface area (Å²) < 4.78 is 7.10. The molecule has 3 heterocycles. The lowest BCUT2D eigenvalue weighted by atomic mass is 9.82. The maximum atomic E-state index is 14.6. The Morgan fingerprint density at radius 3 is 2.44 bits per heavy atom. The van der Waals surface area contributed by atoms with Crippen LogP contribution in [0.1, 0.15) is 79.9 Å². The predicted molar refractivity (Wildman–Crippen MR) is 201 cm³/mol. The maximum absolute atomic E-state index is 14.6. The van der Waals surface area contributed by atoms with Crippen molar-refractivity contribution in [2.24, 2.45) is 11.8 Å². The molecule has 1 aliphatic carbocycles. The van der Waals surface area contributed by atoms with Crippen molar-refractivity contribution in [1.82, 2.24) is 23.5 Å². The van der Waals surface area contributed by atoms with Gasteiger partial charge in [0.25, 0.3) is 5.91 Å². The Labute approximate surface area is 291 Å². The number of nitrogens with one attached hydrogen (secondary N) is 1. The molecule has 0 bridgehead atoms. The van der Waals surface area contributed by atoms with Crippen molar-refractivity contribution in [3.8, 4) is 0 Å². The largest absolute Gasteiger partial charge is 0.368 e. The van der Waals surface area contributed by atoms with Crippen molar-refractivity contribution in [3.63, 3.8) is 0 Å². The normalized spacial score (nSPS) is 17.2. The highest BCUT2D eigenvalue weighted by Gasteiger charge is 2.32. The second-order valence-corrected chi connectivity index (χ2v) is 14.6. The van der Waals surface area contributed by atoms with Gasteiger partial charge >= 0.3 is 0 Å². The summed E-state index contributed by atoms with van der Waals surface area (Å²) in [5.74, 6) is 0.422. The van der Waals surface area contributed by atoms with Crippen LogP contribution in [0, 0.1) is 11.8 Å². The zero-order valence-electron chi connectivity index (χ0n) is 29.2. The van der Waals surface area contributed by atoms with Crippen LogP contribution >= 0.6 is 12.1 Å². The first-order valence-corrected chi connectivity index (χ1v) is 18.2. The molecule has 1 saturated heterocycles. The third-order valence-electron chi connectivity index (χ3n) is 9.80. The average Bonchev–Trinajstić information content (AvgIpc) is 3.43. The fraction of sp³-hybridized carbons (Fsp3) is 0.462. The molecule has 3 aromatic rings. The number of nitrogens with zero attached hydrogens (tertiary/aromatic N) is 5. The zero-order valence-corrected chi connectivity index (χ0v) is 30.0. The Morgan fingerprint density at radius 1 is 1.08 bits per heavy atom. The molecule has 2 atom stereocenters. The summed E-state index contributed by atoms with van der Waals surface area (Å²) in [6.07, 6.45) is 16.4. The SMILES string of the molecule is C=CC(=C)c1c(C2CCCCC2)c2ccc(C(=O)NSN(C)C)cc2n1CC(CC(C)/C=C\C)C(=O)N1CCN(c2ccncc2)CC1. The van der Waals surface area contributed by atoms with Crippen molar-refractivity contribution in [1.29, 1.82) is 0 Å². The van der Waals surface area contributed by atoms with Gasteiger partial charge < -0.3 is 14.4 Å². The lowest BCUT2D eigenvalue weighted by Crippen LogP contribution is -2.51. The van der Waals surface area contributed by atoms with Gasteiger partial charge in [0, 0.05) is 79.4 Å². The number of hydrogen-bond donors (Lipinski definition) is 1. The molecule has 2 fully saturated rings. The topological polar surface area (TPSA) is 73.7 Å². The summed E-state index contributed by atoms with van der Waals surface area (Å²) in [5, 5.41) is 1.15. The van der Waals surface area contributed by atoms with E-state index >= 15 is 0 Å². The number of carbonyl (C=O) groups excluding carboxylic acids is 2. The van der Waals surface area contributed by atoms with E-state index in [0.29, 0.717) is 31.1 Å². The van der Waals surface area contributed by atoms with E-state index in [9.17, 15) is 9.59 Å². The molecular formula is C39H52N6O2S. The van der Waals surface area contributed by atoms with Gasteiger partial charge in [0.2, 0.25) is 5.91 Å². The Balaban J connectivity index is 1.55. The van der Waals surface area contributed by atoms with Crippen molar-refractivity contribution in [3.05, 3.63) is 90.9 Å². The Kier molecular flexibility index (Phi) is 12.2. The van der Waals surface area contributed by atoms with E-state index in [1.54, 1.807) is 0 Å². The molecule has 48 heavy (non-hydrogen) atoms. The molecule has 2 unspecified atom stereocenters.